The third-order valence-corrected chi connectivity index (χ3v) is 4.54. The molecule has 1 aromatic rings. The molecular weight excluding hydrogens is 248 g/mol. The van der Waals surface area contributed by atoms with Gasteiger partial charge in [0.05, 0.1) is 0 Å². The van der Waals surface area contributed by atoms with Crippen LogP contribution in [0.1, 0.15) is 35.7 Å². The lowest BCUT2D eigenvalue weighted by Gasteiger charge is -2.41. The first-order chi connectivity index (χ1) is 9.69. The van der Waals surface area contributed by atoms with Crippen LogP contribution in [0.4, 0.5) is 5.69 Å². The van der Waals surface area contributed by atoms with Crippen LogP contribution < -0.4 is 10.6 Å². The number of hydrogen-bond acceptors (Lipinski definition) is 2. The highest BCUT2D eigenvalue weighted by molar-refractivity contribution is 5.95. The van der Waals surface area contributed by atoms with Gasteiger partial charge in [0, 0.05) is 29.8 Å². The molecule has 0 bridgehead atoms. The molecule has 0 aliphatic heterocycles. The number of anilines is 1. The van der Waals surface area contributed by atoms with Crippen LogP contribution in [0, 0.1) is 18.8 Å². The Labute approximate surface area is 120 Å². The first-order valence-electron chi connectivity index (χ1n) is 7.51. The van der Waals surface area contributed by atoms with Crippen molar-refractivity contribution in [2.24, 2.45) is 11.8 Å². The summed E-state index contributed by atoms with van der Waals surface area (Å²) in [5, 5.41) is 6.47. The molecule has 1 aromatic carbocycles. The number of amides is 1. The molecule has 0 saturated heterocycles. The highest BCUT2D eigenvalue weighted by Crippen LogP contribution is 2.44. The summed E-state index contributed by atoms with van der Waals surface area (Å²) in [5.74, 6) is 1.53. The highest BCUT2D eigenvalue weighted by atomic mass is 16.1. The van der Waals surface area contributed by atoms with E-state index < -0.39 is 0 Å². The van der Waals surface area contributed by atoms with E-state index in [0.717, 1.165) is 17.2 Å². The zero-order valence-electron chi connectivity index (χ0n) is 12.1. The average molecular weight is 270 g/mol. The number of carbonyl (C=O) groups is 1. The Hall–Kier alpha value is -1.77. The van der Waals surface area contributed by atoms with Crippen LogP contribution in [-0.4, -0.2) is 18.5 Å². The summed E-state index contributed by atoms with van der Waals surface area (Å²) >= 11 is 0. The van der Waals surface area contributed by atoms with Crippen molar-refractivity contribution >= 4 is 11.6 Å². The van der Waals surface area contributed by atoms with Crippen LogP contribution in [0.3, 0.4) is 0 Å². The minimum Gasteiger partial charge on any atom is -0.381 e. The Morgan fingerprint density at radius 3 is 3.00 bits per heavy atom. The van der Waals surface area contributed by atoms with E-state index in [1.54, 1.807) is 0 Å². The SMILES string of the molecule is CCNC(=O)c1ccc(C)c(NC2CC3CC=CC32)c1. The zero-order valence-corrected chi connectivity index (χ0v) is 12.1. The van der Waals surface area contributed by atoms with Gasteiger partial charge in [0.1, 0.15) is 0 Å². The molecule has 0 radical (unpaired) electrons. The number of aryl methyl sites for hydroxylation is 1. The molecule has 2 aliphatic carbocycles. The first kappa shape index (κ1) is 13.2. The highest BCUT2D eigenvalue weighted by Gasteiger charge is 2.40. The van der Waals surface area contributed by atoms with E-state index in [2.05, 4.69) is 29.7 Å². The van der Waals surface area contributed by atoms with Crippen molar-refractivity contribution in [1.82, 2.24) is 5.32 Å². The van der Waals surface area contributed by atoms with Gasteiger partial charge in [-0.1, -0.05) is 18.2 Å². The van der Waals surface area contributed by atoms with Gasteiger partial charge in [-0.3, -0.25) is 4.79 Å². The molecule has 2 aliphatic rings. The quantitative estimate of drug-likeness (QED) is 0.825. The first-order valence-corrected chi connectivity index (χ1v) is 7.51. The summed E-state index contributed by atoms with van der Waals surface area (Å²) in [6, 6.07) is 6.42. The summed E-state index contributed by atoms with van der Waals surface area (Å²) in [6.07, 6.45) is 7.12. The molecule has 3 atom stereocenters. The Morgan fingerprint density at radius 2 is 2.25 bits per heavy atom. The van der Waals surface area contributed by atoms with Gasteiger partial charge in [-0.15, -0.1) is 0 Å². The number of rotatable bonds is 4. The van der Waals surface area contributed by atoms with Crippen molar-refractivity contribution in [3.63, 3.8) is 0 Å². The number of hydrogen-bond donors (Lipinski definition) is 2. The molecule has 106 valence electrons. The molecule has 3 rings (SSSR count). The number of allylic oxidation sites excluding steroid dienone is 1. The van der Waals surface area contributed by atoms with Gasteiger partial charge in [0.2, 0.25) is 0 Å². The van der Waals surface area contributed by atoms with Crippen molar-refractivity contribution in [2.75, 3.05) is 11.9 Å². The number of nitrogens with one attached hydrogen (secondary N) is 2. The van der Waals surface area contributed by atoms with E-state index in [4.69, 9.17) is 0 Å². The normalized spacial score (nSPS) is 26.8. The molecule has 1 saturated carbocycles. The summed E-state index contributed by atoms with van der Waals surface area (Å²) in [6.45, 7) is 4.68. The number of carbonyl (C=O) groups excluding carboxylic acids is 1. The summed E-state index contributed by atoms with van der Waals surface area (Å²) in [5.41, 5.74) is 3.03. The topological polar surface area (TPSA) is 41.1 Å². The van der Waals surface area contributed by atoms with Crippen LogP contribution in [0.25, 0.3) is 0 Å². The van der Waals surface area contributed by atoms with E-state index in [0.29, 0.717) is 18.5 Å². The van der Waals surface area contributed by atoms with Gasteiger partial charge >= 0.3 is 0 Å². The summed E-state index contributed by atoms with van der Waals surface area (Å²) in [7, 11) is 0. The van der Waals surface area contributed by atoms with E-state index in [9.17, 15) is 4.79 Å². The van der Waals surface area contributed by atoms with Crippen LogP contribution in [0.15, 0.2) is 30.4 Å². The minimum absolute atomic E-state index is 0.00259. The molecule has 1 amide bonds. The van der Waals surface area contributed by atoms with E-state index in [-0.39, 0.29) is 5.91 Å². The Balaban J connectivity index is 1.73. The molecule has 3 unspecified atom stereocenters. The predicted molar refractivity (Wildman–Crippen MR) is 82.0 cm³/mol. The second-order valence-electron chi connectivity index (χ2n) is 5.88. The van der Waals surface area contributed by atoms with Crippen LogP contribution in [0.5, 0.6) is 0 Å². The van der Waals surface area contributed by atoms with Crippen LogP contribution in [-0.2, 0) is 0 Å². The molecule has 0 aromatic heterocycles. The largest absolute Gasteiger partial charge is 0.381 e. The van der Waals surface area contributed by atoms with Gasteiger partial charge in [0.15, 0.2) is 0 Å². The lowest BCUT2D eigenvalue weighted by atomic mass is 9.71. The molecule has 3 heteroatoms. The molecule has 1 fully saturated rings. The lowest BCUT2D eigenvalue weighted by molar-refractivity contribution is 0.0956. The van der Waals surface area contributed by atoms with Crippen LogP contribution in [0.2, 0.25) is 0 Å². The summed E-state index contributed by atoms with van der Waals surface area (Å²) in [4.78, 5) is 11.9. The van der Waals surface area contributed by atoms with Gasteiger partial charge in [-0.2, -0.15) is 0 Å². The van der Waals surface area contributed by atoms with Gasteiger partial charge in [-0.05, 0) is 50.3 Å². The fourth-order valence-corrected chi connectivity index (χ4v) is 3.26. The van der Waals surface area contributed by atoms with Crippen molar-refractivity contribution in [1.29, 1.82) is 0 Å². The maximum Gasteiger partial charge on any atom is 0.251 e. The molecule has 2 N–H and O–H groups in total. The standard InChI is InChI=1S/C17H22N2O/c1-3-18-17(20)13-8-7-11(2)15(10-13)19-16-9-12-5-4-6-14(12)16/h4,6-8,10,12,14,16,19H,3,5,9H2,1-2H3,(H,18,20). The minimum atomic E-state index is 0.00259. The fraction of sp³-hybridized carbons (Fsp3) is 0.471. The molecule has 20 heavy (non-hydrogen) atoms. The van der Waals surface area contributed by atoms with Crippen molar-refractivity contribution < 1.29 is 4.79 Å². The van der Waals surface area contributed by atoms with E-state index in [1.165, 1.54) is 18.4 Å². The van der Waals surface area contributed by atoms with Gasteiger partial charge in [-0.25, -0.2) is 0 Å². The maximum absolute atomic E-state index is 11.9. The van der Waals surface area contributed by atoms with E-state index >= 15 is 0 Å². The summed E-state index contributed by atoms with van der Waals surface area (Å²) < 4.78 is 0. The average Bonchev–Trinajstić information content (AvgIpc) is 2.79. The molecular formula is C17H22N2O. The number of fused-ring (bicyclic) bond motifs is 1. The number of benzene rings is 1. The Morgan fingerprint density at radius 1 is 1.40 bits per heavy atom. The van der Waals surface area contributed by atoms with Crippen molar-refractivity contribution in [3.05, 3.63) is 41.5 Å². The molecule has 0 spiro atoms. The second-order valence-corrected chi connectivity index (χ2v) is 5.88. The molecule has 3 nitrogen and oxygen atoms in total. The third kappa shape index (κ3) is 2.33. The molecule has 0 heterocycles. The van der Waals surface area contributed by atoms with Crippen molar-refractivity contribution in [2.45, 2.75) is 32.7 Å². The predicted octanol–water partition coefficient (Wildman–Crippen LogP) is 3.12. The van der Waals surface area contributed by atoms with Crippen molar-refractivity contribution in [3.8, 4) is 0 Å². The zero-order chi connectivity index (χ0) is 14.1. The monoisotopic (exact) mass is 270 g/mol. The second kappa shape index (κ2) is 5.31. The smallest absolute Gasteiger partial charge is 0.251 e. The third-order valence-electron chi connectivity index (χ3n) is 4.54. The fourth-order valence-electron chi connectivity index (χ4n) is 3.26. The van der Waals surface area contributed by atoms with Crippen LogP contribution >= 0.6 is 0 Å². The van der Waals surface area contributed by atoms with E-state index in [1.807, 2.05) is 25.1 Å². The van der Waals surface area contributed by atoms with Gasteiger partial charge < -0.3 is 10.6 Å². The lowest BCUT2D eigenvalue weighted by Crippen LogP contribution is -2.43. The Bertz CT molecular complexity index is 550. The Kier molecular flexibility index (Phi) is 3.51. The van der Waals surface area contributed by atoms with Gasteiger partial charge in [0.25, 0.3) is 5.91 Å². The maximum atomic E-state index is 11.9.